The molecule has 0 saturated carbocycles. The van der Waals surface area contributed by atoms with Crippen LogP contribution in [0.3, 0.4) is 0 Å². The van der Waals surface area contributed by atoms with Crippen molar-refractivity contribution in [2.45, 2.75) is 64.7 Å². The van der Waals surface area contributed by atoms with E-state index in [1.165, 1.54) is 71.9 Å². The van der Waals surface area contributed by atoms with Gasteiger partial charge in [-0.15, -0.1) is 0 Å². The summed E-state index contributed by atoms with van der Waals surface area (Å²) in [5.74, 6) is 0. The number of hydrogen-bond donors (Lipinski definition) is 0. The van der Waals surface area contributed by atoms with E-state index in [9.17, 15) is 0 Å². The lowest BCUT2D eigenvalue weighted by Crippen LogP contribution is -2.22. The standard InChI is InChI=1S/C41H40ClN/c1-26-31-22-18-27-12-7-9-16-32(27)37(31)40(2,3)34(26)23-19-29-14-11-15-30(39(29)42)21-25-36-41(4,5)38-33-17-10-8-13-28(33)20-24-35(38)43(36)6/h7-10,12-13,16-25H,11,14-15H2,1-6H3/b23-19-,30-21+,36-25-. The minimum atomic E-state index is -0.104. The first-order valence-electron chi connectivity index (χ1n) is 15.6. The molecule has 2 aliphatic carbocycles. The molecule has 0 amide bonds. The molecule has 4 aromatic rings. The van der Waals surface area contributed by atoms with E-state index in [1.54, 1.807) is 0 Å². The molecular formula is C41H40ClN. The van der Waals surface area contributed by atoms with Crippen molar-refractivity contribution in [3.63, 3.8) is 0 Å². The van der Waals surface area contributed by atoms with Crippen molar-refractivity contribution < 1.29 is 0 Å². The number of halogens is 1. The third-order valence-electron chi connectivity index (χ3n) is 10.3. The van der Waals surface area contributed by atoms with Crippen LogP contribution >= 0.6 is 11.6 Å². The van der Waals surface area contributed by atoms with Gasteiger partial charge in [0.05, 0.1) is 0 Å². The topological polar surface area (TPSA) is 3.24 Å². The van der Waals surface area contributed by atoms with E-state index in [4.69, 9.17) is 11.6 Å². The lowest BCUT2D eigenvalue weighted by atomic mass is 9.78. The third kappa shape index (κ3) is 4.27. The van der Waals surface area contributed by atoms with Gasteiger partial charge in [-0.2, -0.15) is 0 Å². The number of likely N-dealkylation sites (N-methyl/N-ethyl adjacent to an activating group) is 1. The van der Waals surface area contributed by atoms with Crippen molar-refractivity contribution in [1.29, 1.82) is 0 Å². The second kappa shape index (κ2) is 10.1. The number of fused-ring (bicyclic) bond motifs is 6. The Labute approximate surface area is 261 Å². The molecular weight excluding hydrogens is 542 g/mol. The second-order valence-corrected chi connectivity index (χ2v) is 13.9. The van der Waals surface area contributed by atoms with E-state index in [0.717, 1.165) is 24.3 Å². The maximum Gasteiger partial charge on any atom is 0.0469 e. The number of rotatable bonds is 3. The molecule has 0 spiro atoms. The summed E-state index contributed by atoms with van der Waals surface area (Å²) in [5, 5.41) is 6.21. The molecule has 0 fully saturated rings. The fourth-order valence-electron chi connectivity index (χ4n) is 8.10. The van der Waals surface area contributed by atoms with Crippen LogP contribution in [-0.4, -0.2) is 7.05 Å². The van der Waals surface area contributed by atoms with Crippen LogP contribution in [0.25, 0.3) is 27.1 Å². The molecule has 1 aliphatic heterocycles. The van der Waals surface area contributed by atoms with Gasteiger partial charge in [-0.1, -0.05) is 124 Å². The van der Waals surface area contributed by atoms with Crippen LogP contribution in [0.15, 0.2) is 125 Å². The molecule has 0 radical (unpaired) electrons. The predicted octanol–water partition coefficient (Wildman–Crippen LogP) is 11.5. The number of hydrogen-bond acceptors (Lipinski definition) is 1. The molecule has 216 valence electrons. The molecule has 2 heteroatoms. The van der Waals surface area contributed by atoms with Crippen molar-refractivity contribution in [3.8, 4) is 0 Å². The average Bonchev–Trinajstić information content (AvgIpc) is 3.33. The Morgan fingerprint density at radius 3 is 2.09 bits per heavy atom. The molecule has 0 bridgehead atoms. The summed E-state index contributed by atoms with van der Waals surface area (Å²) in [5.41, 5.74) is 11.9. The SMILES string of the molecule is CC1=C(/C=C\C2=C(Cl)C(=C/C=C3\N(C)c4ccc5ccccc5c4C3(C)C)/CCC2)C(C)(C)c2c1ccc1ccccc21. The van der Waals surface area contributed by atoms with Crippen LogP contribution in [0, 0.1) is 0 Å². The Bertz CT molecular complexity index is 1970. The molecule has 7 rings (SSSR count). The Hall–Kier alpha value is -3.81. The van der Waals surface area contributed by atoms with E-state index < -0.39 is 0 Å². The first kappa shape index (κ1) is 28.0. The first-order chi connectivity index (χ1) is 20.6. The van der Waals surface area contributed by atoms with E-state index in [0.29, 0.717) is 0 Å². The lowest BCUT2D eigenvalue weighted by Gasteiger charge is -2.25. The molecule has 4 aromatic carbocycles. The first-order valence-corrected chi connectivity index (χ1v) is 16.0. The minimum Gasteiger partial charge on any atom is -0.347 e. The molecule has 1 nitrogen and oxygen atoms in total. The van der Waals surface area contributed by atoms with Gasteiger partial charge >= 0.3 is 0 Å². The predicted molar refractivity (Wildman–Crippen MR) is 187 cm³/mol. The molecule has 0 saturated heterocycles. The van der Waals surface area contributed by atoms with Gasteiger partial charge in [0.15, 0.2) is 0 Å². The van der Waals surface area contributed by atoms with Crippen molar-refractivity contribution in [3.05, 3.63) is 141 Å². The molecule has 3 aliphatic rings. The van der Waals surface area contributed by atoms with Crippen molar-refractivity contribution in [2.24, 2.45) is 0 Å². The van der Waals surface area contributed by atoms with E-state index in [-0.39, 0.29) is 10.8 Å². The van der Waals surface area contributed by atoms with Gasteiger partial charge in [-0.25, -0.2) is 0 Å². The number of anilines is 1. The Morgan fingerprint density at radius 2 is 1.37 bits per heavy atom. The van der Waals surface area contributed by atoms with Crippen LogP contribution in [0.4, 0.5) is 5.69 Å². The molecule has 0 atom stereocenters. The normalized spacial score (nSPS) is 21.2. The lowest BCUT2D eigenvalue weighted by molar-refractivity contribution is 0.645. The van der Waals surface area contributed by atoms with E-state index in [1.807, 2.05) is 0 Å². The van der Waals surface area contributed by atoms with Crippen LogP contribution in [0.2, 0.25) is 0 Å². The maximum absolute atomic E-state index is 7.17. The van der Waals surface area contributed by atoms with Crippen molar-refractivity contribution in [1.82, 2.24) is 0 Å². The van der Waals surface area contributed by atoms with Gasteiger partial charge in [0, 0.05) is 34.3 Å². The number of benzene rings is 4. The summed E-state index contributed by atoms with van der Waals surface area (Å²) in [7, 11) is 2.19. The number of allylic oxidation sites excluding steroid dienone is 10. The summed E-state index contributed by atoms with van der Waals surface area (Å²) in [4.78, 5) is 2.36. The summed E-state index contributed by atoms with van der Waals surface area (Å²) in [6.07, 6.45) is 12.4. The van der Waals surface area contributed by atoms with Gasteiger partial charge in [0.1, 0.15) is 0 Å². The summed E-state index contributed by atoms with van der Waals surface area (Å²) in [6, 6.07) is 26.6. The summed E-state index contributed by atoms with van der Waals surface area (Å²) >= 11 is 7.17. The summed E-state index contributed by atoms with van der Waals surface area (Å²) in [6.45, 7) is 11.7. The molecule has 0 unspecified atom stereocenters. The van der Waals surface area contributed by atoms with E-state index in [2.05, 4.69) is 144 Å². The van der Waals surface area contributed by atoms with Crippen LogP contribution in [0.5, 0.6) is 0 Å². The Kier molecular flexibility index (Phi) is 6.60. The van der Waals surface area contributed by atoms with Crippen molar-refractivity contribution >= 4 is 44.4 Å². The zero-order chi connectivity index (χ0) is 30.1. The monoisotopic (exact) mass is 581 g/mol. The summed E-state index contributed by atoms with van der Waals surface area (Å²) < 4.78 is 0. The highest BCUT2D eigenvalue weighted by Crippen LogP contribution is 2.51. The van der Waals surface area contributed by atoms with Gasteiger partial charge in [-0.05, 0) is 98.9 Å². The Balaban J connectivity index is 1.22. The highest BCUT2D eigenvalue weighted by Gasteiger charge is 2.40. The third-order valence-corrected chi connectivity index (χ3v) is 10.8. The molecule has 0 N–H and O–H groups in total. The smallest absolute Gasteiger partial charge is 0.0469 e. The highest BCUT2D eigenvalue weighted by molar-refractivity contribution is 6.32. The Morgan fingerprint density at radius 1 is 0.721 bits per heavy atom. The zero-order valence-electron chi connectivity index (χ0n) is 26.2. The van der Waals surface area contributed by atoms with Gasteiger partial charge < -0.3 is 4.90 Å². The molecule has 43 heavy (non-hydrogen) atoms. The fourth-order valence-corrected chi connectivity index (χ4v) is 8.42. The van der Waals surface area contributed by atoms with Crippen LogP contribution < -0.4 is 4.90 Å². The van der Waals surface area contributed by atoms with Crippen LogP contribution in [0.1, 0.15) is 70.6 Å². The number of nitrogens with zero attached hydrogens (tertiary/aromatic N) is 1. The maximum atomic E-state index is 7.17. The highest BCUT2D eigenvalue weighted by atomic mass is 35.5. The molecule has 0 aromatic heterocycles. The fraction of sp³-hybridized carbons (Fsp3) is 0.268. The minimum absolute atomic E-state index is 0.0701. The largest absolute Gasteiger partial charge is 0.347 e. The van der Waals surface area contributed by atoms with Crippen molar-refractivity contribution in [2.75, 3.05) is 11.9 Å². The zero-order valence-corrected chi connectivity index (χ0v) is 26.9. The van der Waals surface area contributed by atoms with Gasteiger partial charge in [0.25, 0.3) is 0 Å². The second-order valence-electron chi connectivity index (χ2n) is 13.5. The van der Waals surface area contributed by atoms with E-state index >= 15 is 0 Å². The van der Waals surface area contributed by atoms with Gasteiger partial charge in [-0.3, -0.25) is 0 Å². The quantitative estimate of drug-likeness (QED) is 0.232. The molecule has 1 heterocycles. The van der Waals surface area contributed by atoms with Crippen LogP contribution in [-0.2, 0) is 10.8 Å². The average molecular weight is 582 g/mol. The van der Waals surface area contributed by atoms with Gasteiger partial charge in [0.2, 0.25) is 0 Å².